The third-order valence-corrected chi connectivity index (χ3v) is 6.60. The van der Waals surface area contributed by atoms with Gasteiger partial charge in [-0.2, -0.15) is 0 Å². The van der Waals surface area contributed by atoms with Crippen LogP contribution in [0.15, 0.2) is 85.2 Å². The van der Waals surface area contributed by atoms with E-state index in [-0.39, 0.29) is 17.6 Å². The monoisotopic (exact) mass is 504 g/mol. The van der Waals surface area contributed by atoms with Gasteiger partial charge in [-0.05, 0) is 78.9 Å². The van der Waals surface area contributed by atoms with Gasteiger partial charge in [0.15, 0.2) is 5.11 Å². The molecule has 0 amide bonds. The number of carbonyl (C=O) groups is 1. The fourth-order valence-electron chi connectivity index (χ4n) is 4.37. The van der Waals surface area contributed by atoms with E-state index < -0.39 is 5.97 Å². The Morgan fingerprint density at radius 2 is 1.86 bits per heavy atom. The van der Waals surface area contributed by atoms with Crippen molar-refractivity contribution in [3.8, 4) is 11.4 Å². The van der Waals surface area contributed by atoms with Crippen LogP contribution >= 0.6 is 23.8 Å². The number of carboxylic acid groups (broad SMARTS) is 1. The van der Waals surface area contributed by atoms with E-state index in [1.807, 2.05) is 64.2 Å². The van der Waals surface area contributed by atoms with E-state index in [1.165, 1.54) is 0 Å². The molecule has 1 fully saturated rings. The largest absolute Gasteiger partial charge is 0.495 e. The Labute approximate surface area is 212 Å². The molecule has 0 unspecified atom stereocenters. The molecule has 0 radical (unpaired) electrons. The van der Waals surface area contributed by atoms with Gasteiger partial charge in [0.1, 0.15) is 11.8 Å². The number of hydrogen-bond donors (Lipinski definition) is 2. The minimum absolute atomic E-state index is 0.229. The molecule has 0 bridgehead atoms. The number of anilines is 1. The summed E-state index contributed by atoms with van der Waals surface area (Å²) in [5.41, 5.74) is 3.66. The number of thiocarbonyl (C=S) groups is 1. The maximum atomic E-state index is 11.3. The molecule has 0 aliphatic carbocycles. The minimum Gasteiger partial charge on any atom is -0.495 e. The second kappa shape index (κ2) is 9.40. The van der Waals surface area contributed by atoms with Crippen LogP contribution in [0.4, 0.5) is 5.69 Å². The molecule has 5 rings (SSSR count). The first kappa shape index (κ1) is 22.9. The lowest BCUT2D eigenvalue weighted by molar-refractivity contribution is 0.0697. The molecule has 1 aliphatic rings. The van der Waals surface area contributed by atoms with Gasteiger partial charge in [0.2, 0.25) is 0 Å². The van der Waals surface area contributed by atoms with Crippen molar-refractivity contribution in [3.05, 3.63) is 107 Å². The van der Waals surface area contributed by atoms with Crippen molar-refractivity contribution in [1.29, 1.82) is 0 Å². The molecule has 1 aliphatic heterocycles. The summed E-state index contributed by atoms with van der Waals surface area (Å²) in [4.78, 5) is 17.9. The molecule has 7 nitrogen and oxygen atoms in total. The van der Waals surface area contributed by atoms with Crippen LogP contribution in [0.2, 0.25) is 5.02 Å². The van der Waals surface area contributed by atoms with Gasteiger partial charge in [0, 0.05) is 29.5 Å². The van der Waals surface area contributed by atoms with Crippen molar-refractivity contribution in [3.63, 3.8) is 0 Å². The van der Waals surface area contributed by atoms with Gasteiger partial charge in [-0.3, -0.25) is 4.98 Å². The summed E-state index contributed by atoms with van der Waals surface area (Å²) >= 11 is 12.3. The van der Waals surface area contributed by atoms with E-state index in [0.717, 1.165) is 22.8 Å². The standard InChI is InChI=1S/C26H21ClN4O3S/c1-34-22-12-11-18(15-19(22)27)31-24(23(29-26(31)35)20-5-2-3-13-28-20)21-6-4-14-30(21)17-9-7-16(8-10-17)25(32)33/h2-15,23-24H,1H3,(H,29,35)(H,32,33)/t23-,24+/m0/s1. The van der Waals surface area contributed by atoms with Gasteiger partial charge >= 0.3 is 5.97 Å². The number of hydrogen-bond acceptors (Lipinski definition) is 4. The fourth-order valence-corrected chi connectivity index (χ4v) is 4.97. The number of ether oxygens (including phenoxy) is 1. The highest BCUT2D eigenvalue weighted by Crippen LogP contribution is 2.43. The van der Waals surface area contributed by atoms with Crippen LogP contribution in [0.1, 0.15) is 33.8 Å². The Morgan fingerprint density at radius 3 is 2.51 bits per heavy atom. The lowest BCUT2D eigenvalue weighted by Gasteiger charge is -2.29. The molecule has 2 N–H and O–H groups in total. The van der Waals surface area contributed by atoms with Crippen LogP contribution < -0.4 is 15.0 Å². The summed E-state index contributed by atoms with van der Waals surface area (Å²) in [6, 6.07) is 21.6. The topological polar surface area (TPSA) is 79.6 Å². The Balaban J connectivity index is 1.64. The first-order chi connectivity index (χ1) is 17.0. The Kier molecular flexibility index (Phi) is 6.15. The zero-order chi connectivity index (χ0) is 24.5. The van der Waals surface area contributed by atoms with Crippen molar-refractivity contribution in [2.75, 3.05) is 12.0 Å². The normalized spacial score (nSPS) is 17.3. The predicted octanol–water partition coefficient (Wildman–Crippen LogP) is 5.41. The number of rotatable bonds is 6. The number of carboxylic acids is 1. The molecular weight excluding hydrogens is 484 g/mol. The molecule has 9 heteroatoms. The zero-order valence-electron chi connectivity index (χ0n) is 18.6. The third kappa shape index (κ3) is 4.22. The van der Waals surface area contributed by atoms with E-state index in [2.05, 4.69) is 10.3 Å². The molecule has 35 heavy (non-hydrogen) atoms. The quantitative estimate of drug-likeness (QED) is 0.340. The van der Waals surface area contributed by atoms with Crippen molar-refractivity contribution in [2.24, 2.45) is 0 Å². The molecule has 0 spiro atoms. The number of aromatic carboxylic acids is 1. The number of nitrogens with zero attached hydrogens (tertiary/aromatic N) is 3. The lowest BCUT2D eigenvalue weighted by atomic mass is 10.0. The number of nitrogens with one attached hydrogen (secondary N) is 1. The van der Waals surface area contributed by atoms with E-state index in [0.29, 0.717) is 15.9 Å². The van der Waals surface area contributed by atoms with Gasteiger partial charge < -0.3 is 24.6 Å². The predicted molar refractivity (Wildman–Crippen MR) is 139 cm³/mol. The molecule has 4 aromatic rings. The first-order valence-corrected chi connectivity index (χ1v) is 11.6. The minimum atomic E-state index is -0.965. The molecule has 176 valence electrons. The number of pyridine rings is 1. The van der Waals surface area contributed by atoms with Crippen LogP contribution in [-0.2, 0) is 0 Å². The summed E-state index contributed by atoms with van der Waals surface area (Å²) in [5.74, 6) is -0.388. The summed E-state index contributed by atoms with van der Waals surface area (Å²) in [5, 5.41) is 13.7. The Hall–Kier alpha value is -3.88. The highest BCUT2D eigenvalue weighted by molar-refractivity contribution is 7.80. The number of aromatic nitrogens is 2. The fraction of sp³-hybridized carbons (Fsp3) is 0.115. The van der Waals surface area contributed by atoms with Crippen LogP contribution in [0, 0.1) is 0 Å². The number of halogens is 1. The van der Waals surface area contributed by atoms with E-state index in [9.17, 15) is 9.90 Å². The third-order valence-electron chi connectivity index (χ3n) is 5.99. The van der Waals surface area contributed by atoms with Gasteiger partial charge in [0.25, 0.3) is 0 Å². The average molecular weight is 505 g/mol. The van der Waals surface area contributed by atoms with Crippen LogP contribution in [-0.4, -0.2) is 32.8 Å². The van der Waals surface area contributed by atoms with Crippen LogP contribution in [0.3, 0.4) is 0 Å². The summed E-state index contributed by atoms with van der Waals surface area (Å²) in [7, 11) is 1.57. The van der Waals surface area contributed by atoms with E-state index in [4.69, 9.17) is 28.6 Å². The zero-order valence-corrected chi connectivity index (χ0v) is 20.2. The molecule has 3 heterocycles. The highest BCUT2D eigenvalue weighted by Gasteiger charge is 2.42. The van der Waals surface area contributed by atoms with Gasteiger partial charge in [0.05, 0.1) is 29.4 Å². The second-order valence-corrected chi connectivity index (χ2v) is 8.76. The SMILES string of the molecule is COc1ccc(N2C(=S)N[C@@H](c3ccccn3)[C@H]2c2cccn2-c2ccc(C(=O)O)cc2)cc1Cl. The smallest absolute Gasteiger partial charge is 0.335 e. The number of benzene rings is 2. The van der Waals surface area contributed by atoms with Crippen LogP contribution in [0.25, 0.3) is 5.69 Å². The van der Waals surface area contributed by atoms with Gasteiger partial charge in [-0.15, -0.1) is 0 Å². The number of methoxy groups -OCH3 is 1. The maximum Gasteiger partial charge on any atom is 0.335 e. The summed E-state index contributed by atoms with van der Waals surface area (Å²) < 4.78 is 7.36. The molecule has 1 saturated heterocycles. The molecule has 2 aromatic carbocycles. The lowest BCUT2D eigenvalue weighted by Crippen LogP contribution is -2.30. The average Bonchev–Trinajstić information content (AvgIpc) is 3.49. The maximum absolute atomic E-state index is 11.3. The Morgan fingerprint density at radius 1 is 1.09 bits per heavy atom. The molecular formula is C26H21ClN4O3S. The summed E-state index contributed by atoms with van der Waals surface area (Å²) in [6.45, 7) is 0. The molecule has 2 aromatic heterocycles. The van der Waals surface area contributed by atoms with Crippen LogP contribution in [0.5, 0.6) is 5.75 Å². The van der Waals surface area contributed by atoms with E-state index >= 15 is 0 Å². The van der Waals surface area contributed by atoms with Gasteiger partial charge in [-0.1, -0.05) is 17.7 Å². The van der Waals surface area contributed by atoms with Gasteiger partial charge in [-0.25, -0.2) is 4.79 Å². The van der Waals surface area contributed by atoms with Crippen molar-refractivity contribution in [2.45, 2.75) is 12.1 Å². The van der Waals surface area contributed by atoms with Crippen molar-refractivity contribution < 1.29 is 14.6 Å². The van der Waals surface area contributed by atoms with Crippen molar-refractivity contribution >= 4 is 40.6 Å². The summed E-state index contributed by atoms with van der Waals surface area (Å²) in [6.07, 6.45) is 3.70. The Bertz CT molecular complexity index is 1390. The van der Waals surface area contributed by atoms with E-state index in [1.54, 1.807) is 37.6 Å². The highest BCUT2D eigenvalue weighted by atomic mass is 35.5. The molecule has 2 atom stereocenters. The second-order valence-electron chi connectivity index (χ2n) is 7.97. The van der Waals surface area contributed by atoms with Crippen molar-refractivity contribution in [1.82, 2.24) is 14.9 Å². The first-order valence-electron chi connectivity index (χ1n) is 10.8. The molecule has 0 saturated carbocycles.